The smallest absolute Gasteiger partial charge is 0.345 e. The second-order valence-corrected chi connectivity index (χ2v) is 7.83. The van der Waals surface area contributed by atoms with Crippen molar-refractivity contribution >= 4 is 48.9 Å². The van der Waals surface area contributed by atoms with Crippen LogP contribution in [0.1, 0.15) is 14.5 Å². The Morgan fingerprint density at radius 2 is 2.05 bits per heavy atom. The predicted octanol–water partition coefficient (Wildman–Crippen LogP) is 3.46. The summed E-state index contributed by atoms with van der Waals surface area (Å²) in [4.78, 5) is 11.1. The maximum absolute atomic E-state index is 13.0. The summed E-state index contributed by atoms with van der Waals surface area (Å²) in [7, 11) is -3.95. The van der Waals surface area contributed by atoms with Crippen molar-refractivity contribution < 1.29 is 22.7 Å². The summed E-state index contributed by atoms with van der Waals surface area (Å²) < 4.78 is 40.1. The SMILES string of the molecule is Cc1sc(C(=O)O)cc1S(=O)(=O)Nc1ccc(F)cc1Br. The van der Waals surface area contributed by atoms with E-state index in [4.69, 9.17) is 5.11 Å². The number of benzene rings is 1. The fraction of sp³-hybridized carbons (Fsp3) is 0.0833. The van der Waals surface area contributed by atoms with Crippen LogP contribution in [0.25, 0.3) is 0 Å². The number of anilines is 1. The molecule has 0 atom stereocenters. The molecule has 0 amide bonds. The maximum Gasteiger partial charge on any atom is 0.345 e. The van der Waals surface area contributed by atoms with Gasteiger partial charge in [0.1, 0.15) is 15.6 Å². The zero-order chi connectivity index (χ0) is 15.8. The van der Waals surface area contributed by atoms with Crippen LogP contribution in [0.3, 0.4) is 0 Å². The van der Waals surface area contributed by atoms with Gasteiger partial charge in [-0.1, -0.05) is 0 Å². The van der Waals surface area contributed by atoms with E-state index >= 15 is 0 Å². The number of hydrogen-bond acceptors (Lipinski definition) is 4. The van der Waals surface area contributed by atoms with E-state index in [1.165, 1.54) is 13.0 Å². The van der Waals surface area contributed by atoms with Gasteiger partial charge >= 0.3 is 5.97 Å². The molecule has 0 saturated heterocycles. The first-order valence-electron chi connectivity index (χ1n) is 5.52. The van der Waals surface area contributed by atoms with Gasteiger partial charge in [0.05, 0.1) is 5.69 Å². The molecule has 2 N–H and O–H groups in total. The molecule has 0 aliphatic heterocycles. The summed E-state index contributed by atoms with van der Waals surface area (Å²) in [5, 5.41) is 8.90. The Labute approximate surface area is 132 Å². The lowest BCUT2D eigenvalue weighted by molar-refractivity contribution is 0.0702. The van der Waals surface area contributed by atoms with E-state index in [1.807, 2.05) is 0 Å². The number of carboxylic acid groups (broad SMARTS) is 1. The molecule has 21 heavy (non-hydrogen) atoms. The maximum atomic E-state index is 13.0. The van der Waals surface area contributed by atoms with Gasteiger partial charge in [-0.05, 0) is 47.1 Å². The molecule has 1 aromatic carbocycles. The minimum atomic E-state index is -3.95. The van der Waals surface area contributed by atoms with Gasteiger partial charge in [0.25, 0.3) is 10.0 Å². The molecule has 2 aromatic rings. The first-order chi connectivity index (χ1) is 9.70. The number of thiophene rings is 1. The molecule has 0 spiro atoms. The molecular weight excluding hydrogens is 385 g/mol. The summed E-state index contributed by atoms with van der Waals surface area (Å²) >= 11 is 3.94. The molecule has 1 aromatic heterocycles. The Hall–Kier alpha value is -1.45. The average Bonchev–Trinajstić information content (AvgIpc) is 2.76. The molecule has 1 heterocycles. The fourth-order valence-electron chi connectivity index (χ4n) is 1.61. The third-order valence-corrected chi connectivity index (χ3v) is 5.86. The number of carbonyl (C=O) groups is 1. The van der Waals surface area contributed by atoms with Crippen LogP contribution in [0, 0.1) is 12.7 Å². The number of sulfonamides is 1. The van der Waals surface area contributed by atoms with Crippen LogP contribution >= 0.6 is 27.3 Å². The molecule has 0 aliphatic carbocycles. The Balaban J connectivity index is 2.41. The largest absolute Gasteiger partial charge is 0.477 e. The van der Waals surface area contributed by atoms with Crippen molar-refractivity contribution in [2.45, 2.75) is 11.8 Å². The van der Waals surface area contributed by atoms with E-state index in [-0.39, 0.29) is 19.9 Å². The quantitative estimate of drug-likeness (QED) is 0.832. The molecule has 5 nitrogen and oxygen atoms in total. The predicted molar refractivity (Wildman–Crippen MR) is 80.9 cm³/mol. The number of aromatic carboxylic acids is 1. The normalized spacial score (nSPS) is 11.4. The standard InChI is InChI=1S/C12H9BrFNO4S2/c1-6-11(5-10(20-6)12(16)17)21(18,19)15-9-3-2-7(14)4-8(9)13/h2-5,15H,1H3,(H,16,17). The number of hydrogen-bond donors (Lipinski definition) is 2. The highest BCUT2D eigenvalue weighted by Gasteiger charge is 2.23. The summed E-state index contributed by atoms with van der Waals surface area (Å²) in [6.45, 7) is 1.52. The fourth-order valence-corrected chi connectivity index (χ4v) is 4.70. The van der Waals surface area contributed by atoms with Crippen molar-refractivity contribution in [1.82, 2.24) is 0 Å². The van der Waals surface area contributed by atoms with Gasteiger partial charge in [0.15, 0.2) is 0 Å². The minimum Gasteiger partial charge on any atom is -0.477 e. The third kappa shape index (κ3) is 3.42. The van der Waals surface area contributed by atoms with E-state index in [2.05, 4.69) is 20.7 Å². The van der Waals surface area contributed by atoms with Gasteiger partial charge in [0, 0.05) is 9.35 Å². The van der Waals surface area contributed by atoms with Crippen molar-refractivity contribution in [3.05, 3.63) is 44.3 Å². The lowest BCUT2D eigenvalue weighted by Gasteiger charge is -2.09. The van der Waals surface area contributed by atoms with Crippen LogP contribution in [0.4, 0.5) is 10.1 Å². The van der Waals surface area contributed by atoms with Gasteiger partial charge in [0.2, 0.25) is 0 Å². The Kier molecular flexibility index (Phi) is 4.35. The van der Waals surface area contributed by atoms with Crippen molar-refractivity contribution in [1.29, 1.82) is 0 Å². The number of halogens is 2. The number of carboxylic acids is 1. The number of aryl methyl sites for hydroxylation is 1. The van der Waals surface area contributed by atoms with Crippen molar-refractivity contribution in [3.63, 3.8) is 0 Å². The molecular formula is C12H9BrFNO4S2. The Bertz CT molecular complexity index is 817. The van der Waals surface area contributed by atoms with Gasteiger partial charge in [-0.2, -0.15) is 0 Å². The lowest BCUT2D eigenvalue weighted by atomic mass is 10.3. The molecule has 0 radical (unpaired) electrons. The molecule has 0 fully saturated rings. The molecule has 112 valence electrons. The second-order valence-electron chi connectivity index (χ2n) is 4.07. The van der Waals surface area contributed by atoms with Crippen molar-refractivity contribution in [3.8, 4) is 0 Å². The van der Waals surface area contributed by atoms with Crippen LogP contribution in [-0.4, -0.2) is 19.5 Å². The van der Waals surface area contributed by atoms with Crippen LogP contribution < -0.4 is 4.72 Å². The molecule has 9 heteroatoms. The summed E-state index contributed by atoms with van der Waals surface area (Å²) in [5.74, 6) is -1.70. The minimum absolute atomic E-state index is 0.0638. The summed E-state index contributed by atoms with van der Waals surface area (Å²) in [6.07, 6.45) is 0. The molecule has 0 bridgehead atoms. The van der Waals surface area contributed by atoms with E-state index in [9.17, 15) is 17.6 Å². The zero-order valence-corrected chi connectivity index (χ0v) is 13.8. The Morgan fingerprint density at radius 1 is 1.38 bits per heavy atom. The van der Waals surface area contributed by atoms with Crippen molar-refractivity contribution in [2.75, 3.05) is 4.72 Å². The van der Waals surface area contributed by atoms with Gasteiger partial charge in [-0.15, -0.1) is 11.3 Å². The summed E-state index contributed by atoms with van der Waals surface area (Å²) in [6, 6.07) is 4.62. The first kappa shape index (κ1) is 15.9. The van der Waals surface area contributed by atoms with Crippen LogP contribution in [0.2, 0.25) is 0 Å². The Morgan fingerprint density at radius 3 is 2.57 bits per heavy atom. The molecule has 0 saturated carbocycles. The van der Waals surface area contributed by atoms with Crippen LogP contribution in [-0.2, 0) is 10.0 Å². The lowest BCUT2D eigenvalue weighted by Crippen LogP contribution is -2.13. The monoisotopic (exact) mass is 393 g/mol. The highest BCUT2D eigenvalue weighted by molar-refractivity contribution is 9.10. The third-order valence-electron chi connectivity index (χ3n) is 2.55. The van der Waals surface area contributed by atoms with E-state index < -0.39 is 21.8 Å². The first-order valence-corrected chi connectivity index (χ1v) is 8.61. The topological polar surface area (TPSA) is 83.5 Å². The van der Waals surface area contributed by atoms with Crippen LogP contribution in [0.5, 0.6) is 0 Å². The van der Waals surface area contributed by atoms with Gasteiger partial charge in [-0.25, -0.2) is 17.6 Å². The molecule has 2 rings (SSSR count). The molecule has 0 unspecified atom stereocenters. The number of rotatable bonds is 4. The van der Waals surface area contributed by atoms with E-state index in [0.717, 1.165) is 29.5 Å². The second kappa shape index (κ2) is 5.74. The highest BCUT2D eigenvalue weighted by Crippen LogP contribution is 2.30. The van der Waals surface area contributed by atoms with Gasteiger partial charge < -0.3 is 5.11 Å². The number of nitrogens with one attached hydrogen (secondary N) is 1. The highest BCUT2D eigenvalue weighted by atomic mass is 79.9. The average molecular weight is 394 g/mol. The summed E-state index contributed by atoms with van der Waals surface area (Å²) in [5.41, 5.74) is 0.166. The molecule has 0 aliphatic rings. The van der Waals surface area contributed by atoms with Crippen LogP contribution in [0.15, 0.2) is 33.6 Å². The van der Waals surface area contributed by atoms with E-state index in [1.54, 1.807) is 0 Å². The zero-order valence-electron chi connectivity index (χ0n) is 10.6. The van der Waals surface area contributed by atoms with Gasteiger partial charge in [-0.3, -0.25) is 4.72 Å². The van der Waals surface area contributed by atoms with E-state index in [0.29, 0.717) is 4.88 Å². The van der Waals surface area contributed by atoms with Crippen molar-refractivity contribution in [2.24, 2.45) is 0 Å².